The number of aryl methyl sites for hydroxylation is 2. The van der Waals surface area contributed by atoms with Crippen molar-refractivity contribution >= 4 is 59.0 Å². The number of halogens is 2. The monoisotopic (exact) mass is 643 g/mol. The number of anilines is 2. The first-order valence-corrected chi connectivity index (χ1v) is 14.3. The highest BCUT2D eigenvalue weighted by atomic mass is 35.5. The van der Waals surface area contributed by atoms with Crippen molar-refractivity contribution in [2.24, 2.45) is 5.41 Å². The molecule has 0 saturated heterocycles. The summed E-state index contributed by atoms with van der Waals surface area (Å²) in [6.07, 6.45) is 6.54. The number of fused-ring (bicyclic) bond motifs is 2. The van der Waals surface area contributed by atoms with E-state index in [9.17, 15) is 14.4 Å². The number of furan rings is 1. The normalized spacial score (nSPS) is 14.1. The van der Waals surface area contributed by atoms with Gasteiger partial charge < -0.3 is 28.8 Å². The summed E-state index contributed by atoms with van der Waals surface area (Å²) in [7, 11) is 1.70. The van der Waals surface area contributed by atoms with E-state index < -0.39 is 5.41 Å². The molecule has 2 amide bonds. The van der Waals surface area contributed by atoms with Gasteiger partial charge >= 0.3 is 0 Å². The Kier molecular flexibility index (Phi) is 11.6. The van der Waals surface area contributed by atoms with Gasteiger partial charge in [-0.2, -0.15) is 0 Å². The van der Waals surface area contributed by atoms with Crippen LogP contribution in [0.3, 0.4) is 0 Å². The quantitative estimate of drug-likeness (QED) is 0.181. The number of carbonyl (C=O) groups is 2. The van der Waals surface area contributed by atoms with E-state index in [-0.39, 0.29) is 42.2 Å². The molecule has 10 nitrogen and oxygen atoms in total. The topological polar surface area (TPSA) is 110 Å². The average Bonchev–Trinajstić information content (AvgIpc) is 3.47. The fourth-order valence-corrected chi connectivity index (χ4v) is 5.27. The maximum Gasteiger partial charge on any atom is 0.294 e. The molecule has 0 aliphatic carbocycles. The standard InChI is InChI=1S/C32H37N5O5.2ClH/c1-5-37-26-8-7-25(20-27(26)35(4)30(39)32(2,3)31(37)40)41-17-6-13-33-21-22-9-14-34-24(19-22)11-16-36-15-10-23-12-18-42-28(23)29(36)38;;/h7-10,12,14-15,18-20,33H,5-6,11,13,16-17,21H2,1-4H3;2*1H. The van der Waals surface area contributed by atoms with Gasteiger partial charge in [0, 0.05) is 62.6 Å². The van der Waals surface area contributed by atoms with E-state index in [1.54, 1.807) is 53.7 Å². The van der Waals surface area contributed by atoms with Crippen molar-refractivity contribution < 1.29 is 18.7 Å². The lowest BCUT2D eigenvalue weighted by Gasteiger charge is -2.27. The molecule has 5 rings (SSSR count). The Hall–Kier alpha value is -3.86. The molecule has 1 aliphatic rings. The van der Waals surface area contributed by atoms with Crippen molar-refractivity contribution in [2.45, 2.75) is 46.7 Å². The fraction of sp³-hybridized carbons (Fsp3) is 0.375. The molecule has 236 valence electrons. The van der Waals surface area contributed by atoms with Crippen LogP contribution in [-0.2, 0) is 29.1 Å². The molecular formula is C32H39Cl2N5O5. The molecular weight excluding hydrogens is 605 g/mol. The summed E-state index contributed by atoms with van der Waals surface area (Å²) in [6, 6.07) is 13.2. The van der Waals surface area contributed by atoms with E-state index in [0.29, 0.717) is 55.4 Å². The van der Waals surface area contributed by atoms with Crippen molar-refractivity contribution in [1.82, 2.24) is 14.9 Å². The third kappa shape index (κ3) is 7.09. The second kappa shape index (κ2) is 14.7. The molecule has 0 fully saturated rings. The molecule has 4 aromatic rings. The minimum Gasteiger partial charge on any atom is -0.493 e. The van der Waals surface area contributed by atoms with Crippen LogP contribution < -0.4 is 25.4 Å². The predicted octanol–water partition coefficient (Wildman–Crippen LogP) is 4.99. The van der Waals surface area contributed by atoms with Crippen molar-refractivity contribution in [3.8, 4) is 5.75 Å². The molecule has 0 unspecified atom stereocenters. The highest BCUT2D eigenvalue weighted by molar-refractivity contribution is 6.20. The van der Waals surface area contributed by atoms with Gasteiger partial charge in [0.05, 0.1) is 24.2 Å². The molecule has 3 aromatic heterocycles. The van der Waals surface area contributed by atoms with E-state index in [1.165, 1.54) is 6.26 Å². The molecule has 12 heteroatoms. The minimum atomic E-state index is -1.14. The van der Waals surface area contributed by atoms with Crippen LogP contribution >= 0.6 is 24.8 Å². The second-order valence-electron chi connectivity index (χ2n) is 11.0. The number of aromatic nitrogens is 2. The summed E-state index contributed by atoms with van der Waals surface area (Å²) < 4.78 is 13.0. The number of carbonyl (C=O) groups excluding carboxylic acids is 2. The van der Waals surface area contributed by atoms with Crippen LogP contribution in [0.5, 0.6) is 5.75 Å². The lowest BCUT2D eigenvalue weighted by Crippen LogP contribution is -2.47. The van der Waals surface area contributed by atoms with Crippen molar-refractivity contribution in [3.63, 3.8) is 0 Å². The van der Waals surface area contributed by atoms with Crippen LogP contribution in [0.4, 0.5) is 11.4 Å². The molecule has 4 heterocycles. The number of ether oxygens (including phenoxy) is 1. The number of nitrogens with one attached hydrogen (secondary N) is 1. The summed E-state index contributed by atoms with van der Waals surface area (Å²) in [5, 5.41) is 4.25. The third-order valence-electron chi connectivity index (χ3n) is 7.70. The van der Waals surface area contributed by atoms with Gasteiger partial charge in [-0.25, -0.2) is 0 Å². The van der Waals surface area contributed by atoms with Gasteiger partial charge in [-0.15, -0.1) is 24.8 Å². The number of rotatable bonds is 11. The number of hydrogen-bond donors (Lipinski definition) is 1. The Morgan fingerprint density at radius 3 is 2.57 bits per heavy atom. The predicted molar refractivity (Wildman–Crippen MR) is 176 cm³/mol. The van der Waals surface area contributed by atoms with Gasteiger partial charge in [0.2, 0.25) is 11.8 Å². The maximum absolute atomic E-state index is 13.1. The largest absolute Gasteiger partial charge is 0.493 e. The maximum atomic E-state index is 13.1. The van der Waals surface area contributed by atoms with Crippen LogP contribution in [0.2, 0.25) is 0 Å². The number of pyridine rings is 2. The first-order chi connectivity index (χ1) is 20.2. The van der Waals surface area contributed by atoms with E-state index >= 15 is 0 Å². The summed E-state index contributed by atoms with van der Waals surface area (Å²) in [5.41, 5.74) is 2.51. The van der Waals surface area contributed by atoms with Crippen LogP contribution in [0.1, 0.15) is 38.4 Å². The van der Waals surface area contributed by atoms with E-state index in [4.69, 9.17) is 9.15 Å². The van der Waals surface area contributed by atoms with Gasteiger partial charge in [0.25, 0.3) is 5.56 Å². The first kappa shape index (κ1) is 34.6. The zero-order valence-corrected chi connectivity index (χ0v) is 27.0. The average molecular weight is 645 g/mol. The van der Waals surface area contributed by atoms with Crippen LogP contribution in [-0.4, -0.2) is 48.1 Å². The third-order valence-corrected chi connectivity index (χ3v) is 7.70. The number of benzene rings is 1. The van der Waals surface area contributed by atoms with Crippen molar-refractivity contribution in [1.29, 1.82) is 0 Å². The molecule has 0 atom stereocenters. The summed E-state index contributed by atoms with van der Waals surface area (Å²) in [4.78, 5) is 46.3. The summed E-state index contributed by atoms with van der Waals surface area (Å²) in [5.74, 6) is 0.208. The van der Waals surface area contributed by atoms with E-state index in [1.807, 2.05) is 37.3 Å². The van der Waals surface area contributed by atoms with Crippen LogP contribution in [0.25, 0.3) is 11.0 Å². The number of nitrogens with zero attached hydrogens (tertiary/aromatic N) is 4. The van der Waals surface area contributed by atoms with Crippen LogP contribution in [0.15, 0.2) is 70.3 Å². The Morgan fingerprint density at radius 2 is 1.80 bits per heavy atom. The Bertz CT molecular complexity index is 1670. The van der Waals surface area contributed by atoms with E-state index in [0.717, 1.165) is 29.6 Å². The Morgan fingerprint density at radius 1 is 1.00 bits per heavy atom. The van der Waals surface area contributed by atoms with E-state index in [2.05, 4.69) is 16.4 Å². The lowest BCUT2D eigenvalue weighted by molar-refractivity contribution is -0.137. The molecule has 0 spiro atoms. The van der Waals surface area contributed by atoms with Gasteiger partial charge in [0.1, 0.15) is 11.2 Å². The smallest absolute Gasteiger partial charge is 0.294 e. The van der Waals surface area contributed by atoms with Crippen molar-refractivity contribution in [2.75, 3.05) is 36.5 Å². The fourth-order valence-electron chi connectivity index (χ4n) is 5.27. The summed E-state index contributed by atoms with van der Waals surface area (Å²) in [6.45, 7) is 8.20. The lowest BCUT2D eigenvalue weighted by atomic mass is 9.90. The Labute approximate surface area is 269 Å². The SMILES string of the molecule is CCN1C(=O)C(C)(C)C(=O)N(C)c2cc(OCCCNCc3ccnc(CCn4ccc5ccoc5c4=O)c3)ccc21.Cl.Cl. The number of hydrogen-bond acceptors (Lipinski definition) is 7. The number of amides is 2. The zero-order chi connectivity index (χ0) is 29.9. The second-order valence-corrected chi connectivity index (χ2v) is 11.0. The highest BCUT2D eigenvalue weighted by Gasteiger charge is 2.45. The minimum absolute atomic E-state index is 0. The van der Waals surface area contributed by atoms with Gasteiger partial charge in [-0.3, -0.25) is 19.4 Å². The molecule has 44 heavy (non-hydrogen) atoms. The van der Waals surface area contributed by atoms with Gasteiger partial charge in [-0.1, -0.05) is 0 Å². The van der Waals surface area contributed by atoms with Gasteiger partial charge in [-0.05, 0) is 75.7 Å². The molecule has 0 radical (unpaired) electrons. The van der Waals surface area contributed by atoms with Gasteiger partial charge in [0.15, 0.2) is 5.58 Å². The van der Waals surface area contributed by atoms with Crippen LogP contribution in [0, 0.1) is 5.41 Å². The zero-order valence-electron chi connectivity index (χ0n) is 25.4. The molecule has 1 aromatic carbocycles. The van der Waals surface area contributed by atoms with Crippen molar-refractivity contribution in [3.05, 3.63) is 82.7 Å². The molecule has 0 bridgehead atoms. The molecule has 1 N–H and O–H groups in total. The molecule has 0 saturated carbocycles. The Balaban J connectivity index is 0.00000264. The first-order valence-electron chi connectivity index (χ1n) is 14.3. The summed E-state index contributed by atoms with van der Waals surface area (Å²) >= 11 is 0. The highest BCUT2D eigenvalue weighted by Crippen LogP contribution is 2.40. The molecule has 1 aliphatic heterocycles.